The summed E-state index contributed by atoms with van der Waals surface area (Å²) >= 11 is 0. The van der Waals surface area contributed by atoms with E-state index in [-0.39, 0.29) is 47.7 Å². The summed E-state index contributed by atoms with van der Waals surface area (Å²) in [7, 11) is 1.54. The SMILES string of the molecule is C#Cc1cccc2cc(OCOC)cc(-c3ncc4c(N5C[C@H]6CC[C@@H](C5)N6C(=O)OC(C)(C)C)nc(OCC56CCCN5CCC6=C)nc4c3F)c12. The lowest BCUT2D eigenvalue weighted by Gasteiger charge is -2.42. The molecule has 12 heteroatoms. The van der Waals surface area contributed by atoms with Crippen molar-refractivity contribution in [2.45, 2.75) is 76.1 Å². The number of anilines is 1. The topological polar surface area (TPSA) is 102 Å². The van der Waals surface area contributed by atoms with Gasteiger partial charge < -0.3 is 23.8 Å². The summed E-state index contributed by atoms with van der Waals surface area (Å²) in [4.78, 5) is 34.1. The second kappa shape index (κ2) is 13.5. The first-order chi connectivity index (χ1) is 25.5. The van der Waals surface area contributed by atoms with Gasteiger partial charge in [-0.25, -0.2) is 9.18 Å². The Morgan fingerprint density at radius 3 is 2.66 bits per heavy atom. The molecule has 2 bridgehead atoms. The maximum absolute atomic E-state index is 17.3. The van der Waals surface area contributed by atoms with Gasteiger partial charge in [0.15, 0.2) is 12.6 Å². The molecule has 4 aliphatic rings. The van der Waals surface area contributed by atoms with Crippen LogP contribution in [-0.2, 0) is 9.47 Å². The van der Waals surface area contributed by atoms with Crippen molar-refractivity contribution in [2.75, 3.05) is 51.6 Å². The zero-order valence-corrected chi connectivity index (χ0v) is 30.8. The van der Waals surface area contributed by atoms with E-state index in [4.69, 9.17) is 40.3 Å². The lowest BCUT2D eigenvalue weighted by Crippen LogP contribution is -2.57. The number of carbonyl (C=O) groups excluding carboxylic acids is 1. The van der Waals surface area contributed by atoms with Crippen LogP contribution < -0.4 is 14.4 Å². The number of halogens is 1. The molecule has 0 spiro atoms. The number of terminal acetylenes is 1. The van der Waals surface area contributed by atoms with Crippen molar-refractivity contribution >= 4 is 33.6 Å². The van der Waals surface area contributed by atoms with Crippen LogP contribution in [0.1, 0.15) is 58.4 Å². The predicted molar refractivity (Wildman–Crippen MR) is 201 cm³/mol. The molecule has 4 saturated heterocycles. The molecule has 6 heterocycles. The molecule has 4 fully saturated rings. The molecule has 11 nitrogen and oxygen atoms in total. The Labute approximate surface area is 309 Å². The van der Waals surface area contributed by atoms with Crippen LogP contribution in [0.4, 0.5) is 15.0 Å². The molecule has 1 amide bonds. The van der Waals surface area contributed by atoms with Crippen molar-refractivity contribution in [1.82, 2.24) is 24.8 Å². The first-order valence-corrected chi connectivity index (χ1v) is 18.3. The van der Waals surface area contributed by atoms with E-state index in [1.165, 1.54) is 7.11 Å². The number of rotatable bonds is 8. The van der Waals surface area contributed by atoms with E-state index in [0.717, 1.165) is 56.2 Å². The molecule has 0 saturated carbocycles. The third-order valence-electron chi connectivity index (χ3n) is 11.1. The van der Waals surface area contributed by atoms with Crippen LogP contribution in [0.15, 0.2) is 48.7 Å². The number of hydrogen-bond acceptors (Lipinski definition) is 10. The fourth-order valence-electron chi connectivity index (χ4n) is 8.73. The highest BCUT2D eigenvalue weighted by atomic mass is 19.1. The number of carbonyl (C=O) groups is 1. The Morgan fingerprint density at radius 1 is 1.13 bits per heavy atom. The van der Waals surface area contributed by atoms with Crippen LogP contribution in [0.2, 0.25) is 0 Å². The first kappa shape index (κ1) is 35.1. The van der Waals surface area contributed by atoms with Gasteiger partial charge in [-0.1, -0.05) is 30.2 Å². The highest BCUT2D eigenvalue weighted by Gasteiger charge is 2.48. The molecule has 53 heavy (non-hydrogen) atoms. The molecule has 0 N–H and O–H groups in total. The Morgan fingerprint density at radius 2 is 1.92 bits per heavy atom. The number of piperazine rings is 1. The van der Waals surface area contributed by atoms with Crippen molar-refractivity contribution < 1.29 is 28.1 Å². The van der Waals surface area contributed by atoms with E-state index < -0.39 is 11.4 Å². The summed E-state index contributed by atoms with van der Waals surface area (Å²) in [5.41, 5.74) is 1.47. The number of fused-ring (bicyclic) bond motifs is 5. The minimum atomic E-state index is -0.630. The van der Waals surface area contributed by atoms with Crippen LogP contribution in [-0.4, -0.2) is 101 Å². The molecular formula is C41H45FN6O5. The normalized spacial score (nSPS) is 22.8. The van der Waals surface area contributed by atoms with E-state index in [9.17, 15) is 4.79 Å². The molecule has 4 aromatic rings. The fraction of sp³-hybridized carbons (Fsp3) is 0.463. The van der Waals surface area contributed by atoms with Crippen molar-refractivity contribution in [3.05, 3.63) is 60.1 Å². The standard InChI is InChI=1S/C41H45FN6O5/c1-7-26-10-8-11-27-18-30(52-24-50-6)19-31(33(26)27)35-34(42)36-32(20-43-35)37(45-38(44-36)51-23-41-15-9-16-47(41)17-14-25(41)2)46-21-28-12-13-29(22-46)48(28)39(49)53-40(3,4)5/h1,8,10-11,18-20,28-29H,2,9,12-17,21-24H2,3-6H3/t28-,29+,41?. The molecular weight excluding hydrogens is 675 g/mol. The van der Waals surface area contributed by atoms with Gasteiger partial charge in [0, 0.05) is 49.5 Å². The van der Waals surface area contributed by atoms with E-state index >= 15 is 4.39 Å². The van der Waals surface area contributed by atoms with E-state index in [2.05, 4.69) is 22.3 Å². The van der Waals surface area contributed by atoms with Crippen LogP contribution in [0, 0.1) is 18.2 Å². The van der Waals surface area contributed by atoms with E-state index in [1.807, 2.05) is 49.9 Å². The average molecular weight is 721 g/mol. The zero-order chi connectivity index (χ0) is 37.1. The maximum Gasteiger partial charge on any atom is 0.410 e. The summed E-state index contributed by atoms with van der Waals surface area (Å²) in [6.07, 6.45) is 11.8. The summed E-state index contributed by atoms with van der Waals surface area (Å²) in [5, 5.41) is 1.89. The maximum atomic E-state index is 17.3. The number of methoxy groups -OCH3 is 1. The summed E-state index contributed by atoms with van der Waals surface area (Å²) in [6, 6.07) is 9.05. The number of ether oxygens (including phenoxy) is 4. The molecule has 8 rings (SSSR count). The van der Waals surface area contributed by atoms with Crippen LogP contribution in [0.25, 0.3) is 32.9 Å². The number of amides is 1. The third kappa shape index (κ3) is 6.19. The summed E-state index contributed by atoms with van der Waals surface area (Å²) in [6.45, 7) is 13.3. The van der Waals surface area contributed by atoms with Crippen molar-refractivity contribution in [1.29, 1.82) is 0 Å². The average Bonchev–Trinajstić information content (AvgIpc) is 3.78. The minimum Gasteiger partial charge on any atom is -0.468 e. The molecule has 3 atom stereocenters. The number of pyridine rings is 1. The van der Waals surface area contributed by atoms with Gasteiger partial charge in [0.25, 0.3) is 0 Å². The number of hydrogen-bond donors (Lipinski definition) is 0. The van der Waals surface area contributed by atoms with E-state index in [1.54, 1.807) is 12.3 Å². The smallest absolute Gasteiger partial charge is 0.410 e. The fourth-order valence-corrected chi connectivity index (χ4v) is 8.73. The molecule has 0 radical (unpaired) electrons. The van der Waals surface area contributed by atoms with Gasteiger partial charge in [-0.3, -0.25) is 14.8 Å². The quantitative estimate of drug-likeness (QED) is 0.111. The highest BCUT2D eigenvalue weighted by molar-refractivity contribution is 6.03. The number of benzene rings is 2. The molecule has 1 unspecified atom stereocenters. The van der Waals surface area contributed by atoms with E-state index in [0.29, 0.717) is 53.2 Å². The van der Waals surface area contributed by atoms with Crippen molar-refractivity contribution in [3.8, 4) is 35.4 Å². The lowest BCUT2D eigenvalue weighted by atomic mass is 9.91. The van der Waals surface area contributed by atoms with Crippen LogP contribution in [0.5, 0.6) is 11.8 Å². The van der Waals surface area contributed by atoms with Crippen LogP contribution >= 0.6 is 0 Å². The minimum absolute atomic E-state index is 0.0131. The van der Waals surface area contributed by atoms with Gasteiger partial charge >= 0.3 is 12.1 Å². The highest BCUT2D eigenvalue weighted by Crippen LogP contribution is 2.43. The van der Waals surface area contributed by atoms with Gasteiger partial charge in [0.05, 0.1) is 23.0 Å². The van der Waals surface area contributed by atoms with Crippen molar-refractivity contribution in [3.63, 3.8) is 0 Å². The lowest BCUT2D eigenvalue weighted by molar-refractivity contribution is 0.0122. The second-order valence-corrected chi connectivity index (χ2v) is 15.5. The van der Waals surface area contributed by atoms with Gasteiger partial charge in [0.1, 0.15) is 35.0 Å². The number of aromatic nitrogens is 3. The Balaban J connectivity index is 1.24. The van der Waals surface area contributed by atoms with Crippen LogP contribution in [0.3, 0.4) is 0 Å². The van der Waals surface area contributed by atoms with Gasteiger partial charge in [-0.15, -0.1) is 6.42 Å². The first-order valence-electron chi connectivity index (χ1n) is 18.3. The largest absolute Gasteiger partial charge is 0.468 e. The van der Waals surface area contributed by atoms with Gasteiger partial charge in [-0.05, 0) is 83.0 Å². The van der Waals surface area contributed by atoms with Gasteiger partial charge in [0.2, 0.25) is 0 Å². The van der Waals surface area contributed by atoms with Gasteiger partial charge in [-0.2, -0.15) is 9.97 Å². The zero-order valence-electron chi connectivity index (χ0n) is 30.8. The molecule has 2 aromatic carbocycles. The Kier molecular flexibility index (Phi) is 8.90. The Bertz CT molecular complexity index is 2150. The molecule has 2 aromatic heterocycles. The summed E-state index contributed by atoms with van der Waals surface area (Å²) in [5.74, 6) is 3.11. The number of nitrogens with zero attached hydrogens (tertiary/aromatic N) is 6. The molecule has 4 aliphatic heterocycles. The second-order valence-electron chi connectivity index (χ2n) is 15.5. The van der Waals surface area contributed by atoms with Crippen molar-refractivity contribution in [2.24, 2.45) is 0 Å². The summed E-state index contributed by atoms with van der Waals surface area (Å²) < 4.78 is 40.5. The molecule has 276 valence electrons. The third-order valence-corrected chi connectivity index (χ3v) is 11.1. The monoisotopic (exact) mass is 720 g/mol. The molecule has 0 aliphatic carbocycles. The predicted octanol–water partition coefficient (Wildman–Crippen LogP) is 6.71. The Hall–Kier alpha value is -4.99.